The molecule has 1 aromatic rings. The normalized spacial score (nSPS) is 19.5. The van der Waals surface area contributed by atoms with Gasteiger partial charge in [0, 0.05) is 19.1 Å². The Bertz CT molecular complexity index is 563. The zero-order chi connectivity index (χ0) is 18.4. The lowest BCUT2D eigenvalue weighted by molar-refractivity contribution is -0.143. The molecule has 2 N–H and O–H groups in total. The van der Waals surface area contributed by atoms with Crippen molar-refractivity contribution in [3.8, 4) is 5.75 Å². The molecule has 8 heteroatoms. The quantitative estimate of drug-likeness (QED) is 0.821. The summed E-state index contributed by atoms with van der Waals surface area (Å²) < 4.78 is 42.3. The molecule has 2 atom stereocenters. The Morgan fingerprint density at radius 3 is 2.60 bits per heavy atom. The van der Waals surface area contributed by atoms with Gasteiger partial charge in [-0.25, -0.2) is 4.79 Å². The molecule has 1 aliphatic heterocycles. The van der Waals surface area contributed by atoms with E-state index in [0.29, 0.717) is 19.4 Å². The third-order valence-corrected chi connectivity index (χ3v) is 4.24. The van der Waals surface area contributed by atoms with Gasteiger partial charge >= 0.3 is 12.2 Å². The van der Waals surface area contributed by atoms with Gasteiger partial charge in [-0.1, -0.05) is 19.1 Å². The zero-order valence-corrected chi connectivity index (χ0v) is 14.4. The molecule has 0 spiro atoms. The number of rotatable bonds is 6. The molecule has 2 amide bonds. The molecule has 0 aromatic heterocycles. The Hall–Kier alpha value is -1.96. The Morgan fingerprint density at radius 2 is 2.04 bits per heavy atom. The van der Waals surface area contributed by atoms with Gasteiger partial charge < -0.3 is 15.4 Å². The van der Waals surface area contributed by atoms with Gasteiger partial charge in [-0.15, -0.1) is 0 Å². The van der Waals surface area contributed by atoms with Crippen LogP contribution in [0.15, 0.2) is 24.3 Å². The molecule has 1 fully saturated rings. The second-order valence-electron chi connectivity index (χ2n) is 6.19. The van der Waals surface area contributed by atoms with Gasteiger partial charge in [-0.3, -0.25) is 4.90 Å². The summed E-state index contributed by atoms with van der Waals surface area (Å²) >= 11 is 0. The highest BCUT2D eigenvalue weighted by molar-refractivity contribution is 5.74. The Balaban J connectivity index is 1.84. The Kier molecular flexibility index (Phi) is 6.52. The lowest BCUT2D eigenvalue weighted by Crippen LogP contribution is -2.45. The van der Waals surface area contributed by atoms with Gasteiger partial charge in [-0.2, -0.15) is 13.2 Å². The fraction of sp³-hybridized carbons (Fsp3) is 0.588. The summed E-state index contributed by atoms with van der Waals surface area (Å²) in [6.45, 7) is 1.57. The highest BCUT2D eigenvalue weighted by atomic mass is 19.4. The first kappa shape index (κ1) is 19.4. The summed E-state index contributed by atoms with van der Waals surface area (Å²) in [5.41, 5.74) is 0.948. The van der Waals surface area contributed by atoms with Gasteiger partial charge in [-0.05, 0) is 30.5 Å². The third-order valence-electron chi connectivity index (χ3n) is 4.24. The number of carbonyl (C=O) groups is 1. The number of nitrogens with zero attached hydrogens (tertiary/aromatic N) is 1. The lowest BCUT2D eigenvalue weighted by atomic mass is 10.0. The van der Waals surface area contributed by atoms with Gasteiger partial charge in [0.15, 0.2) is 0 Å². The molecular weight excluding hydrogens is 335 g/mol. The van der Waals surface area contributed by atoms with Crippen LogP contribution in [-0.4, -0.2) is 49.9 Å². The highest BCUT2D eigenvalue weighted by Crippen LogP contribution is 2.21. The topological polar surface area (TPSA) is 53.6 Å². The molecule has 2 unspecified atom stereocenters. The number of methoxy groups -OCH3 is 1. The number of carbonyl (C=O) groups excluding carboxylic acids is 1. The molecule has 0 aliphatic carbocycles. The summed E-state index contributed by atoms with van der Waals surface area (Å²) in [5, 5.41) is 5.65. The second-order valence-corrected chi connectivity index (χ2v) is 6.19. The second kappa shape index (κ2) is 8.42. The van der Waals surface area contributed by atoms with E-state index >= 15 is 0 Å². The van der Waals surface area contributed by atoms with E-state index in [4.69, 9.17) is 4.74 Å². The van der Waals surface area contributed by atoms with E-state index in [9.17, 15) is 18.0 Å². The van der Waals surface area contributed by atoms with E-state index in [0.717, 1.165) is 11.3 Å². The molecule has 0 saturated carbocycles. The number of hydrogen-bond acceptors (Lipinski definition) is 3. The molecule has 0 radical (unpaired) electrons. The average molecular weight is 359 g/mol. The summed E-state index contributed by atoms with van der Waals surface area (Å²) in [5.74, 6) is 0.735. The minimum Gasteiger partial charge on any atom is -0.497 e. The molecule has 1 saturated heterocycles. The van der Waals surface area contributed by atoms with E-state index in [1.54, 1.807) is 7.11 Å². The van der Waals surface area contributed by atoms with Crippen molar-refractivity contribution in [1.29, 1.82) is 0 Å². The summed E-state index contributed by atoms with van der Waals surface area (Å²) in [6.07, 6.45) is -2.99. The van der Waals surface area contributed by atoms with Crippen molar-refractivity contribution in [2.24, 2.45) is 0 Å². The van der Waals surface area contributed by atoms with Crippen molar-refractivity contribution in [3.05, 3.63) is 29.8 Å². The van der Waals surface area contributed by atoms with Gasteiger partial charge in [0.1, 0.15) is 5.75 Å². The van der Waals surface area contributed by atoms with Crippen LogP contribution in [0.5, 0.6) is 5.75 Å². The first-order valence-corrected chi connectivity index (χ1v) is 8.30. The molecule has 1 heterocycles. The van der Waals surface area contributed by atoms with Crippen molar-refractivity contribution in [1.82, 2.24) is 15.5 Å². The first-order valence-electron chi connectivity index (χ1n) is 8.30. The molecule has 0 bridgehead atoms. The van der Waals surface area contributed by atoms with Crippen LogP contribution in [0.1, 0.15) is 31.4 Å². The van der Waals surface area contributed by atoms with Crippen molar-refractivity contribution in [2.75, 3.05) is 26.7 Å². The number of alkyl halides is 3. The predicted octanol–water partition coefficient (Wildman–Crippen LogP) is 3.08. The Labute approximate surface area is 145 Å². The van der Waals surface area contributed by atoms with E-state index in [1.165, 1.54) is 4.90 Å². The first-order chi connectivity index (χ1) is 11.8. The summed E-state index contributed by atoms with van der Waals surface area (Å²) in [4.78, 5) is 13.5. The maximum atomic E-state index is 12.4. The molecule has 1 aliphatic rings. The van der Waals surface area contributed by atoms with E-state index in [2.05, 4.69) is 10.6 Å². The number of halogens is 3. The van der Waals surface area contributed by atoms with Crippen molar-refractivity contribution in [3.63, 3.8) is 0 Å². The highest BCUT2D eigenvalue weighted by Gasteiger charge is 2.34. The maximum Gasteiger partial charge on any atom is 0.401 e. The number of likely N-dealkylation sites (tertiary alicyclic amines) is 1. The van der Waals surface area contributed by atoms with Gasteiger partial charge in [0.25, 0.3) is 0 Å². The van der Waals surface area contributed by atoms with Crippen molar-refractivity contribution >= 4 is 6.03 Å². The van der Waals surface area contributed by atoms with Crippen LogP contribution < -0.4 is 15.4 Å². The maximum absolute atomic E-state index is 12.4. The summed E-state index contributed by atoms with van der Waals surface area (Å²) in [6, 6.07) is 6.62. The minimum atomic E-state index is -4.21. The Morgan fingerprint density at radius 1 is 1.36 bits per heavy atom. The number of urea groups is 1. The zero-order valence-electron chi connectivity index (χ0n) is 14.4. The van der Waals surface area contributed by atoms with Crippen LogP contribution in [0.4, 0.5) is 18.0 Å². The standard InChI is InChI=1S/C17H24F3N3O2/c1-3-15(12-4-6-14(25-2)7-5-12)22-16(24)21-13-8-9-23(10-13)11-17(18,19)20/h4-7,13,15H,3,8-11H2,1-2H3,(H2,21,22,24). The van der Waals surface area contributed by atoms with E-state index in [1.807, 2.05) is 31.2 Å². The molecule has 1 aromatic carbocycles. The SMILES string of the molecule is CCC(NC(=O)NC1CCN(CC(F)(F)F)C1)c1ccc(OC)cc1. The van der Waals surface area contributed by atoms with Crippen LogP contribution in [0.25, 0.3) is 0 Å². The number of benzene rings is 1. The predicted molar refractivity (Wildman–Crippen MR) is 88.6 cm³/mol. The van der Waals surface area contributed by atoms with Crippen LogP contribution in [0.2, 0.25) is 0 Å². The van der Waals surface area contributed by atoms with E-state index in [-0.39, 0.29) is 24.7 Å². The largest absolute Gasteiger partial charge is 0.497 e. The molecule has 2 rings (SSSR count). The fourth-order valence-electron chi connectivity index (χ4n) is 2.99. The monoisotopic (exact) mass is 359 g/mol. The molecular formula is C17H24F3N3O2. The van der Waals surface area contributed by atoms with E-state index < -0.39 is 12.7 Å². The molecule has 25 heavy (non-hydrogen) atoms. The van der Waals surface area contributed by atoms with Gasteiger partial charge in [0.05, 0.1) is 19.7 Å². The average Bonchev–Trinajstić information content (AvgIpc) is 2.97. The summed E-state index contributed by atoms with van der Waals surface area (Å²) in [7, 11) is 1.59. The lowest BCUT2D eigenvalue weighted by Gasteiger charge is -2.21. The number of amides is 2. The minimum absolute atomic E-state index is 0.168. The van der Waals surface area contributed by atoms with Crippen molar-refractivity contribution < 1.29 is 22.7 Å². The molecule has 5 nitrogen and oxygen atoms in total. The van der Waals surface area contributed by atoms with Crippen LogP contribution in [-0.2, 0) is 0 Å². The van der Waals surface area contributed by atoms with Crippen LogP contribution >= 0.6 is 0 Å². The van der Waals surface area contributed by atoms with Crippen LogP contribution in [0, 0.1) is 0 Å². The molecule has 140 valence electrons. The fourth-order valence-corrected chi connectivity index (χ4v) is 2.99. The van der Waals surface area contributed by atoms with Crippen LogP contribution in [0.3, 0.4) is 0 Å². The van der Waals surface area contributed by atoms with Gasteiger partial charge in [0.2, 0.25) is 0 Å². The number of ether oxygens (including phenoxy) is 1. The van der Waals surface area contributed by atoms with Crippen molar-refractivity contribution in [2.45, 2.75) is 38.0 Å². The third kappa shape index (κ3) is 6.12. The smallest absolute Gasteiger partial charge is 0.401 e. The number of nitrogens with one attached hydrogen (secondary N) is 2. The number of hydrogen-bond donors (Lipinski definition) is 2.